The number of carbonyl (C=O) groups is 2. The van der Waals surface area contributed by atoms with E-state index in [0.29, 0.717) is 38.4 Å². The van der Waals surface area contributed by atoms with Gasteiger partial charge in [0.2, 0.25) is 0 Å². The van der Waals surface area contributed by atoms with Crippen LogP contribution in [0.4, 0.5) is 10.6 Å². The molecule has 1 unspecified atom stereocenters. The van der Waals surface area contributed by atoms with Crippen molar-refractivity contribution in [2.45, 2.75) is 32.4 Å². The van der Waals surface area contributed by atoms with Gasteiger partial charge in [-0.1, -0.05) is 35.3 Å². The molecule has 39 heavy (non-hydrogen) atoms. The predicted octanol–water partition coefficient (Wildman–Crippen LogP) is 5.30. The minimum Gasteiger partial charge on any atom is -0.480 e. The lowest BCUT2D eigenvalue weighted by Gasteiger charge is -2.40. The van der Waals surface area contributed by atoms with Gasteiger partial charge in [0.25, 0.3) is 0 Å². The lowest BCUT2D eigenvalue weighted by atomic mass is 10.1. The van der Waals surface area contributed by atoms with E-state index in [9.17, 15) is 14.7 Å². The molecule has 1 atom stereocenters. The Morgan fingerprint density at radius 2 is 1.74 bits per heavy atom. The number of ether oxygens (including phenoxy) is 1. The van der Waals surface area contributed by atoms with Gasteiger partial charge in [0.05, 0.1) is 11.6 Å². The number of imidazole rings is 1. The first kappa shape index (κ1) is 26.7. The number of carbonyl (C=O) groups excluding carboxylic acids is 1. The molecule has 2 aromatic heterocycles. The number of piperazine rings is 1. The maximum atomic E-state index is 12.7. The van der Waals surface area contributed by atoms with E-state index >= 15 is 0 Å². The second-order valence-electron chi connectivity index (χ2n) is 10.1. The largest absolute Gasteiger partial charge is 0.480 e. The number of hydrogen-bond acceptors (Lipinski definition) is 7. The molecule has 0 radical (unpaired) electrons. The average Bonchev–Trinajstić information content (AvgIpc) is 3.27. The number of aliphatic carboxylic acids is 1. The van der Waals surface area contributed by atoms with Crippen LogP contribution in [-0.2, 0) is 9.53 Å². The minimum absolute atomic E-state index is 0.0784. The maximum absolute atomic E-state index is 12.7. The van der Waals surface area contributed by atoms with Crippen LogP contribution in [0, 0.1) is 0 Å². The third-order valence-electron chi connectivity index (χ3n) is 6.21. The normalized spacial score (nSPS) is 16.0. The Labute approximate surface area is 234 Å². The van der Waals surface area contributed by atoms with Gasteiger partial charge in [0, 0.05) is 29.4 Å². The summed E-state index contributed by atoms with van der Waals surface area (Å²) in [5, 5.41) is 11.2. The van der Waals surface area contributed by atoms with Gasteiger partial charge in [0.1, 0.15) is 23.8 Å². The highest BCUT2D eigenvalue weighted by atomic mass is 35.5. The molecular formula is C27H26Cl2N6O4. The third kappa shape index (κ3) is 5.35. The summed E-state index contributed by atoms with van der Waals surface area (Å²) in [6.07, 6.45) is 0.815. The summed E-state index contributed by atoms with van der Waals surface area (Å²) in [5.41, 5.74) is 1.58. The Morgan fingerprint density at radius 1 is 1.03 bits per heavy atom. The Morgan fingerprint density at radius 3 is 2.41 bits per heavy atom. The summed E-state index contributed by atoms with van der Waals surface area (Å²) in [6, 6.07) is 13.4. The zero-order valence-corrected chi connectivity index (χ0v) is 23.0. The van der Waals surface area contributed by atoms with Gasteiger partial charge >= 0.3 is 12.1 Å². The quantitative estimate of drug-likeness (QED) is 0.352. The molecule has 0 aliphatic carbocycles. The molecule has 5 rings (SSSR count). The number of hydrogen-bond donors (Lipinski definition) is 1. The lowest BCUT2D eigenvalue weighted by Crippen LogP contribution is -2.58. The van der Waals surface area contributed by atoms with Gasteiger partial charge < -0.3 is 19.6 Å². The molecule has 1 saturated heterocycles. The second kappa shape index (κ2) is 10.3. The van der Waals surface area contributed by atoms with Gasteiger partial charge in [-0.25, -0.2) is 24.5 Å². The fourth-order valence-electron chi connectivity index (χ4n) is 4.49. The molecule has 1 fully saturated rings. The summed E-state index contributed by atoms with van der Waals surface area (Å²) in [5.74, 6) is -0.241. The summed E-state index contributed by atoms with van der Waals surface area (Å²) in [4.78, 5) is 42.0. The first-order valence-electron chi connectivity index (χ1n) is 12.2. The molecule has 10 nitrogen and oxygen atoms in total. The molecular weight excluding hydrogens is 543 g/mol. The van der Waals surface area contributed by atoms with Gasteiger partial charge in [-0.2, -0.15) is 0 Å². The van der Waals surface area contributed by atoms with Crippen LogP contribution in [-0.4, -0.2) is 72.9 Å². The predicted molar refractivity (Wildman–Crippen MR) is 149 cm³/mol. The smallest absolute Gasteiger partial charge is 0.410 e. The van der Waals surface area contributed by atoms with Crippen LogP contribution < -0.4 is 4.90 Å². The zero-order chi connectivity index (χ0) is 27.9. The molecule has 202 valence electrons. The van der Waals surface area contributed by atoms with Crippen LogP contribution in [0.1, 0.15) is 20.8 Å². The number of nitrogens with zero attached hydrogens (tertiary/aromatic N) is 6. The van der Waals surface area contributed by atoms with E-state index in [0.717, 1.165) is 5.69 Å². The molecule has 1 aliphatic heterocycles. The van der Waals surface area contributed by atoms with E-state index in [1.54, 1.807) is 43.9 Å². The van der Waals surface area contributed by atoms with Gasteiger partial charge in [-0.15, -0.1) is 0 Å². The summed E-state index contributed by atoms with van der Waals surface area (Å²) in [6.45, 7) is 5.67. The van der Waals surface area contributed by atoms with Crippen molar-refractivity contribution in [2.75, 3.05) is 24.5 Å². The molecule has 4 aromatic rings. The minimum atomic E-state index is -1.10. The highest BCUT2D eigenvalue weighted by Crippen LogP contribution is 2.35. The zero-order valence-electron chi connectivity index (χ0n) is 21.5. The highest BCUT2D eigenvalue weighted by Gasteiger charge is 2.38. The number of carboxylic acids is 1. The Balaban J connectivity index is 1.62. The molecule has 1 N–H and O–H groups in total. The third-order valence-corrected chi connectivity index (χ3v) is 6.80. The summed E-state index contributed by atoms with van der Waals surface area (Å²) in [7, 11) is 0. The van der Waals surface area contributed by atoms with Crippen molar-refractivity contribution in [3.63, 3.8) is 0 Å². The first-order chi connectivity index (χ1) is 18.5. The molecule has 1 aliphatic rings. The first-order valence-corrected chi connectivity index (χ1v) is 13.0. The van der Waals surface area contributed by atoms with Crippen LogP contribution in [0.15, 0.2) is 54.9 Å². The van der Waals surface area contributed by atoms with Crippen LogP contribution in [0.5, 0.6) is 0 Å². The van der Waals surface area contributed by atoms with E-state index in [4.69, 9.17) is 32.9 Å². The van der Waals surface area contributed by atoms with E-state index in [2.05, 4.69) is 9.97 Å². The Hall–Kier alpha value is -3.89. The van der Waals surface area contributed by atoms with Crippen LogP contribution >= 0.6 is 23.2 Å². The summed E-state index contributed by atoms with van der Waals surface area (Å²) >= 11 is 12.7. The van der Waals surface area contributed by atoms with E-state index < -0.39 is 23.7 Å². The standard InChI is InChI=1S/C27H26Cl2N6O4/c1-27(2,3)39-26(38)33-12-13-34(20(14-33)25(36)37)23-21-24(31-15-30-23)35(17-10-8-16(28)9-11-17)22(32-21)18-6-4-5-7-19(18)29/h4-11,15,20H,12-14H2,1-3H3,(H,36,37). The fourth-order valence-corrected chi connectivity index (χ4v) is 4.83. The van der Waals surface area contributed by atoms with Gasteiger partial charge in [0.15, 0.2) is 17.0 Å². The van der Waals surface area contributed by atoms with Crippen molar-refractivity contribution in [1.82, 2.24) is 24.4 Å². The van der Waals surface area contributed by atoms with E-state index in [1.165, 1.54) is 11.2 Å². The number of aromatic nitrogens is 4. The SMILES string of the molecule is CC(C)(C)OC(=O)N1CCN(c2ncnc3c2nc(-c2ccccc2Cl)n3-c2ccc(Cl)cc2)C(C(=O)O)C1. The van der Waals surface area contributed by atoms with Gasteiger partial charge in [-0.3, -0.25) is 4.57 Å². The number of amides is 1. The van der Waals surface area contributed by atoms with E-state index in [1.807, 2.05) is 34.9 Å². The Bertz CT molecular complexity index is 1550. The number of carboxylic acid groups (broad SMARTS) is 1. The van der Waals surface area contributed by atoms with Crippen molar-refractivity contribution in [1.29, 1.82) is 0 Å². The topological polar surface area (TPSA) is 114 Å². The van der Waals surface area contributed by atoms with Crippen molar-refractivity contribution in [2.24, 2.45) is 0 Å². The average molecular weight is 569 g/mol. The molecule has 1 amide bonds. The number of benzene rings is 2. The van der Waals surface area contributed by atoms with Crippen LogP contribution in [0.3, 0.4) is 0 Å². The van der Waals surface area contributed by atoms with Crippen molar-refractivity contribution < 1.29 is 19.4 Å². The molecule has 0 bridgehead atoms. The number of halogens is 2. The van der Waals surface area contributed by atoms with Crippen molar-refractivity contribution >= 4 is 52.2 Å². The fraction of sp³-hybridized carbons (Fsp3) is 0.296. The molecule has 0 spiro atoms. The highest BCUT2D eigenvalue weighted by molar-refractivity contribution is 6.33. The van der Waals surface area contributed by atoms with Crippen molar-refractivity contribution in [3.8, 4) is 17.1 Å². The molecule has 3 heterocycles. The number of rotatable bonds is 4. The molecule has 0 saturated carbocycles. The summed E-state index contributed by atoms with van der Waals surface area (Å²) < 4.78 is 7.30. The second-order valence-corrected chi connectivity index (χ2v) is 10.9. The van der Waals surface area contributed by atoms with Gasteiger partial charge in [-0.05, 0) is 57.2 Å². The van der Waals surface area contributed by atoms with Crippen LogP contribution in [0.2, 0.25) is 10.0 Å². The maximum Gasteiger partial charge on any atom is 0.410 e. The Kier molecular flexibility index (Phi) is 7.09. The van der Waals surface area contributed by atoms with Crippen LogP contribution in [0.25, 0.3) is 28.2 Å². The molecule has 12 heteroatoms. The van der Waals surface area contributed by atoms with E-state index in [-0.39, 0.29) is 19.6 Å². The monoisotopic (exact) mass is 568 g/mol. The number of fused-ring (bicyclic) bond motifs is 1. The molecule has 2 aromatic carbocycles. The number of anilines is 1. The van der Waals surface area contributed by atoms with Crippen molar-refractivity contribution in [3.05, 3.63) is 64.9 Å². The lowest BCUT2D eigenvalue weighted by molar-refractivity contribution is -0.139.